The minimum Gasteiger partial charge on any atom is -0.322 e. The van der Waals surface area contributed by atoms with E-state index in [0.717, 1.165) is 29.4 Å². The van der Waals surface area contributed by atoms with Crippen molar-refractivity contribution in [2.24, 2.45) is 0 Å². The summed E-state index contributed by atoms with van der Waals surface area (Å²) in [4.78, 5) is 12.1. The highest BCUT2D eigenvalue weighted by Gasteiger charge is 2.14. The molecule has 0 aliphatic heterocycles. The number of amides is 1. The summed E-state index contributed by atoms with van der Waals surface area (Å²) in [6, 6.07) is 0.208. The van der Waals surface area contributed by atoms with Gasteiger partial charge in [-0.3, -0.25) is 9.48 Å². The van der Waals surface area contributed by atoms with E-state index in [0.29, 0.717) is 11.5 Å². The van der Waals surface area contributed by atoms with Crippen LogP contribution in [-0.2, 0) is 17.1 Å². The molecule has 0 radical (unpaired) electrons. The Morgan fingerprint density at radius 1 is 1.35 bits per heavy atom. The molecule has 0 aliphatic carbocycles. The Morgan fingerprint density at radius 2 is 2.09 bits per heavy atom. The second-order valence-corrected chi connectivity index (χ2v) is 6.52. The van der Waals surface area contributed by atoms with Crippen molar-refractivity contribution in [3.63, 3.8) is 0 Å². The minimum absolute atomic E-state index is 0.0413. The molecule has 1 N–H and O–H groups in total. The lowest BCUT2D eigenvalue weighted by atomic mass is 10.3. The van der Waals surface area contributed by atoms with Crippen LogP contribution in [0, 0.1) is 13.8 Å². The van der Waals surface area contributed by atoms with Crippen LogP contribution in [0.15, 0.2) is 0 Å². The zero-order valence-electron chi connectivity index (χ0n) is 14.2. The maximum Gasteiger partial charge on any atom is 0.234 e. The van der Waals surface area contributed by atoms with Crippen molar-refractivity contribution in [2.75, 3.05) is 11.1 Å². The third-order valence-corrected chi connectivity index (χ3v) is 4.39. The number of carbonyl (C=O) groups excluding carboxylic acids is 1. The number of hydrogen-bond acceptors (Lipinski definition) is 6. The number of thioether (sulfide) groups is 1. The van der Waals surface area contributed by atoms with Crippen LogP contribution in [-0.4, -0.2) is 41.6 Å². The molecule has 0 aromatic carbocycles. The molecule has 23 heavy (non-hydrogen) atoms. The summed E-state index contributed by atoms with van der Waals surface area (Å²) >= 11 is 1.49. The summed E-state index contributed by atoms with van der Waals surface area (Å²) in [5.74, 6) is 1.69. The van der Waals surface area contributed by atoms with Crippen LogP contribution in [0.4, 0.5) is 5.69 Å². The van der Waals surface area contributed by atoms with Crippen molar-refractivity contribution in [1.29, 1.82) is 0 Å². The van der Waals surface area contributed by atoms with E-state index in [1.54, 1.807) is 4.68 Å². The van der Waals surface area contributed by atoms with Gasteiger partial charge in [0.2, 0.25) is 5.91 Å². The van der Waals surface area contributed by atoms with Crippen molar-refractivity contribution in [1.82, 2.24) is 30.0 Å². The van der Waals surface area contributed by atoms with Gasteiger partial charge in [0, 0.05) is 6.54 Å². The van der Waals surface area contributed by atoms with Crippen LogP contribution in [0.5, 0.6) is 0 Å². The van der Waals surface area contributed by atoms with E-state index in [1.807, 2.05) is 39.3 Å². The average Bonchev–Trinajstić information content (AvgIpc) is 3.07. The lowest BCUT2D eigenvalue weighted by Crippen LogP contribution is -2.16. The van der Waals surface area contributed by atoms with Gasteiger partial charge in [-0.05, 0) is 45.0 Å². The third kappa shape index (κ3) is 4.10. The van der Waals surface area contributed by atoms with Gasteiger partial charge in [0.05, 0.1) is 34.6 Å². The molecular weight excluding hydrogens is 314 g/mol. The van der Waals surface area contributed by atoms with Gasteiger partial charge in [0.25, 0.3) is 0 Å². The molecule has 2 aromatic rings. The first kappa shape index (κ1) is 17.5. The summed E-state index contributed by atoms with van der Waals surface area (Å²) < 4.78 is 3.65. The van der Waals surface area contributed by atoms with Crippen LogP contribution in [0.3, 0.4) is 0 Å². The Kier molecular flexibility index (Phi) is 5.75. The Morgan fingerprint density at radius 3 is 2.70 bits per heavy atom. The molecular formula is C14H23N7OS. The number of hydrogen-bond donors (Lipinski definition) is 1. The summed E-state index contributed by atoms with van der Waals surface area (Å²) in [7, 11) is 0. The van der Waals surface area contributed by atoms with Gasteiger partial charge in [0.15, 0.2) is 5.82 Å². The van der Waals surface area contributed by atoms with E-state index in [9.17, 15) is 4.79 Å². The molecule has 2 heterocycles. The monoisotopic (exact) mass is 337 g/mol. The predicted octanol–water partition coefficient (Wildman–Crippen LogP) is 1.96. The number of aromatic nitrogens is 6. The molecule has 0 saturated carbocycles. The SMILES string of the molecule is CCn1nc(C)c(NC(=O)CSCc2nnnn2C(C)C)c1C. The molecule has 1 amide bonds. The number of tetrazole rings is 1. The van der Waals surface area contributed by atoms with Crippen molar-refractivity contribution >= 4 is 23.4 Å². The van der Waals surface area contributed by atoms with E-state index >= 15 is 0 Å². The second kappa shape index (κ2) is 7.58. The number of rotatable bonds is 7. The molecule has 0 saturated heterocycles. The van der Waals surface area contributed by atoms with Gasteiger partial charge >= 0.3 is 0 Å². The number of carbonyl (C=O) groups is 1. The second-order valence-electron chi connectivity index (χ2n) is 5.54. The van der Waals surface area contributed by atoms with Gasteiger partial charge in [-0.2, -0.15) is 5.10 Å². The minimum atomic E-state index is -0.0413. The van der Waals surface area contributed by atoms with E-state index in [1.165, 1.54) is 11.8 Å². The summed E-state index contributed by atoms with van der Waals surface area (Å²) in [6.07, 6.45) is 0. The molecule has 2 rings (SSSR count). The standard InChI is InChI=1S/C14H23N7OS/c1-6-20-11(5)14(10(4)17-20)15-13(22)8-23-7-12-16-18-19-21(12)9(2)3/h9H,6-8H2,1-5H3,(H,15,22). The fourth-order valence-corrected chi connectivity index (χ4v) is 3.04. The van der Waals surface area contributed by atoms with E-state index in [-0.39, 0.29) is 11.9 Å². The lowest BCUT2D eigenvalue weighted by molar-refractivity contribution is -0.113. The van der Waals surface area contributed by atoms with Crippen molar-refractivity contribution < 1.29 is 4.79 Å². The topological polar surface area (TPSA) is 90.5 Å². The lowest BCUT2D eigenvalue weighted by Gasteiger charge is -2.08. The first-order valence-corrected chi connectivity index (χ1v) is 8.77. The largest absolute Gasteiger partial charge is 0.322 e. The fourth-order valence-electron chi connectivity index (χ4n) is 2.30. The van der Waals surface area contributed by atoms with E-state index in [4.69, 9.17) is 0 Å². The molecule has 0 fully saturated rings. The maximum atomic E-state index is 12.1. The Balaban J connectivity index is 1.88. The van der Waals surface area contributed by atoms with Crippen LogP contribution in [0.1, 0.15) is 44.0 Å². The molecule has 0 bridgehead atoms. The highest BCUT2D eigenvalue weighted by atomic mass is 32.2. The zero-order valence-corrected chi connectivity index (χ0v) is 15.0. The maximum absolute atomic E-state index is 12.1. The zero-order chi connectivity index (χ0) is 17.0. The van der Waals surface area contributed by atoms with Gasteiger partial charge in [-0.15, -0.1) is 16.9 Å². The fraction of sp³-hybridized carbons (Fsp3) is 0.643. The summed E-state index contributed by atoms with van der Waals surface area (Å²) in [6.45, 7) is 10.7. The number of anilines is 1. The smallest absolute Gasteiger partial charge is 0.234 e. The molecule has 0 unspecified atom stereocenters. The van der Waals surface area contributed by atoms with Crippen LogP contribution >= 0.6 is 11.8 Å². The predicted molar refractivity (Wildman–Crippen MR) is 90.4 cm³/mol. The molecule has 0 atom stereocenters. The molecule has 0 spiro atoms. The van der Waals surface area contributed by atoms with Crippen molar-refractivity contribution in [2.45, 2.75) is 53.0 Å². The number of aryl methyl sites for hydroxylation is 2. The number of nitrogens with one attached hydrogen (secondary N) is 1. The van der Waals surface area contributed by atoms with Crippen molar-refractivity contribution in [3.05, 3.63) is 17.2 Å². The van der Waals surface area contributed by atoms with Crippen LogP contribution < -0.4 is 5.32 Å². The van der Waals surface area contributed by atoms with Gasteiger partial charge in [-0.1, -0.05) is 0 Å². The Labute approximate surface area is 140 Å². The molecule has 2 aromatic heterocycles. The highest BCUT2D eigenvalue weighted by molar-refractivity contribution is 7.99. The summed E-state index contributed by atoms with van der Waals surface area (Å²) in [5.41, 5.74) is 2.63. The number of nitrogens with zero attached hydrogens (tertiary/aromatic N) is 6. The molecule has 0 aliphatic rings. The van der Waals surface area contributed by atoms with E-state index in [2.05, 4.69) is 25.9 Å². The first-order chi connectivity index (χ1) is 10.9. The Bertz CT molecular complexity index is 677. The molecule has 8 nitrogen and oxygen atoms in total. The van der Waals surface area contributed by atoms with Crippen LogP contribution in [0.2, 0.25) is 0 Å². The normalized spacial score (nSPS) is 11.2. The average molecular weight is 337 g/mol. The van der Waals surface area contributed by atoms with Gasteiger partial charge in [-0.25, -0.2) is 4.68 Å². The highest BCUT2D eigenvalue weighted by Crippen LogP contribution is 2.20. The molecule has 126 valence electrons. The first-order valence-electron chi connectivity index (χ1n) is 7.62. The van der Waals surface area contributed by atoms with Crippen molar-refractivity contribution in [3.8, 4) is 0 Å². The van der Waals surface area contributed by atoms with Gasteiger partial charge in [0.1, 0.15) is 0 Å². The molecule has 9 heteroatoms. The van der Waals surface area contributed by atoms with Crippen LogP contribution in [0.25, 0.3) is 0 Å². The van der Waals surface area contributed by atoms with Gasteiger partial charge < -0.3 is 5.32 Å². The third-order valence-electron chi connectivity index (χ3n) is 3.46. The quantitative estimate of drug-likeness (QED) is 0.830. The van der Waals surface area contributed by atoms with E-state index < -0.39 is 0 Å². The summed E-state index contributed by atoms with van der Waals surface area (Å²) in [5, 5.41) is 19.0. The Hall–Kier alpha value is -1.90.